The molecule has 0 radical (unpaired) electrons. The zero-order chi connectivity index (χ0) is 11.5. The first-order valence-electron chi connectivity index (χ1n) is 5.41. The van der Waals surface area contributed by atoms with E-state index in [4.69, 9.17) is 0 Å². The molecular formula is C11H17N3OS. The predicted molar refractivity (Wildman–Crippen MR) is 67.0 cm³/mol. The second-order valence-corrected chi connectivity index (χ2v) is 5.04. The third kappa shape index (κ3) is 2.42. The lowest BCUT2D eigenvalue weighted by Gasteiger charge is -2.32. The molecule has 1 unspecified atom stereocenters. The van der Waals surface area contributed by atoms with Crippen molar-refractivity contribution in [2.75, 3.05) is 38.6 Å². The van der Waals surface area contributed by atoms with Gasteiger partial charge in [-0.05, 0) is 24.6 Å². The molecule has 1 amide bonds. The molecule has 1 fully saturated rings. The number of hydrogen-bond acceptors (Lipinski definition) is 4. The van der Waals surface area contributed by atoms with E-state index in [2.05, 4.69) is 10.2 Å². The van der Waals surface area contributed by atoms with E-state index in [0.717, 1.165) is 24.6 Å². The minimum absolute atomic E-state index is 0.0779. The summed E-state index contributed by atoms with van der Waals surface area (Å²) in [5.74, 6) is 0.147. The van der Waals surface area contributed by atoms with Crippen molar-refractivity contribution in [1.82, 2.24) is 10.2 Å². The number of nitrogens with one attached hydrogen (secondary N) is 1. The Morgan fingerprint density at radius 1 is 1.69 bits per heavy atom. The van der Waals surface area contributed by atoms with Crippen LogP contribution in [0.1, 0.15) is 0 Å². The van der Waals surface area contributed by atoms with Crippen LogP contribution in [0, 0.1) is 0 Å². The number of piperazine rings is 1. The zero-order valence-corrected chi connectivity index (χ0v) is 10.5. The maximum Gasteiger partial charge on any atom is 0.245 e. The van der Waals surface area contributed by atoms with Crippen LogP contribution >= 0.6 is 11.3 Å². The molecule has 1 N–H and O–H groups in total. The molecule has 0 aromatic carbocycles. The third-order valence-electron chi connectivity index (χ3n) is 2.84. The van der Waals surface area contributed by atoms with Crippen LogP contribution in [-0.4, -0.2) is 50.6 Å². The minimum Gasteiger partial charge on any atom is -0.306 e. The molecular weight excluding hydrogens is 222 g/mol. The maximum absolute atomic E-state index is 12.2. The molecule has 0 saturated carbocycles. The topological polar surface area (TPSA) is 35.6 Å². The lowest BCUT2D eigenvalue weighted by Crippen LogP contribution is -2.56. The Bertz CT molecular complexity index is 352. The summed E-state index contributed by atoms with van der Waals surface area (Å²) in [5.41, 5.74) is 0. The molecule has 1 aliphatic rings. The molecule has 2 heterocycles. The monoisotopic (exact) mass is 239 g/mol. The molecule has 88 valence electrons. The Hall–Kier alpha value is -0.910. The normalized spacial score (nSPS) is 22.0. The van der Waals surface area contributed by atoms with Crippen LogP contribution in [0.2, 0.25) is 0 Å². The van der Waals surface area contributed by atoms with Crippen LogP contribution in [0.25, 0.3) is 0 Å². The Kier molecular flexibility index (Phi) is 3.58. The summed E-state index contributed by atoms with van der Waals surface area (Å²) in [6.07, 6.45) is 0. The second kappa shape index (κ2) is 4.95. The zero-order valence-electron chi connectivity index (χ0n) is 9.64. The average Bonchev–Trinajstić information content (AvgIpc) is 2.80. The summed E-state index contributed by atoms with van der Waals surface area (Å²) in [6, 6.07) is 3.85. The molecule has 5 heteroatoms. The van der Waals surface area contributed by atoms with Gasteiger partial charge in [-0.3, -0.25) is 4.79 Å². The van der Waals surface area contributed by atoms with Gasteiger partial charge in [-0.1, -0.05) is 0 Å². The van der Waals surface area contributed by atoms with Gasteiger partial charge in [-0.15, -0.1) is 11.3 Å². The van der Waals surface area contributed by atoms with Crippen molar-refractivity contribution in [2.24, 2.45) is 0 Å². The van der Waals surface area contributed by atoms with Gasteiger partial charge in [0.25, 0.3) is 0 Å². The number of nitrogens with zero attached hydrogens (tertiary/aromatic N) is 2. The van der Waals surface area contributed by atoms with E-state index < -0.39 is 0 Å². The summed E-state index contributed by atoms with van der Waals surface area (Å²) in [4.78, 5) is 16.1. The van der Waals surface area contributed by atoms with Gasteiger partial charge >= 0.3 is 0 Å². The van der Waals surface area contributed by atoms with Crippen molar-refractivity contribution >= 4 is 22.2 Å². The van der Waals surface area contributed by atoms with E-state index in [-0.39, 0.29) is 11.9 Å². The Balaban J connectivity index is 2.01. The summed E-state index contributed by atoms with van der Waals surface area (Å²) < 4.78 is 0. The fraction of sp³-hybridized carbons (Fsp3) is 0.545. The highest BCUT2D eigenvalue weighted by Crippen LogP contribution is 2.20. The van der Waals surface area contributed by atoms with E-state index >= 15 is 0 Å². The molecule has 2 rings (SSSR count). The van der Waals surface area contributed by atoms with Gasteiger partial charge in [-0.2, -0.15) is 0 Å². The molecule has 1 aromatic heterocycles. The second-order valence-electron chi connectivity index (χ2n) is 4.12. The Morgan fingerprint density at radius 2 is 2.50 bits per heavy atom. The molecule has 1 saturated heterocycles. The minimum atomic E-state index is -0.0779. The fourth-order valence-corrected chi connectivity index (χ4v) is 2.57. The maximum atomic E-state index is 12.2. The van der Waals surface area contributed by atoms with Crippen LogP contribution in [0.5, 0.6) is 0 Å². The van der Waals surface area contributed by atoms with Gasteiger partial charge in [0.15, 0.2) is 0 Å². The lowest BCUT2D eigenvalue weighted by atomic mass is 10.2. The number of carbonyl (C=O) groups excluding carboxylic acids is 1. The van der Waals surface area contributed by atoms with Crippen molar-refractivity contribution < 1.29 is 4.79 Å². The first-order valence-corrected chi connectivity index (χ1v) is 6.29. The van der Waals surface area contributed by atoms with Crippen LogP contribution in [0.4, 0.5) is 5.00 Å². The molecule has 4 nitrogen and oxygen atoms in total. The quantitative estimate of drug-likeness (QED) is 0.821. The standard InChI is InChI=1S/C11H17N3OS/c1-13-6-5-12-9(8-13)11(15)14(2)10-4-3-7-16-10/h3-4,7,9,12H,5-6,8H2,1-2H3. The number of amides is 1. The van der Waals surface area contributed by atoms with Gasteiger partial charge in [0, 0.05) is 26.7 Å². The Morgan fingerprint density at radius 3 is 3.12 bits per heavy atom. The van der Waals surface area contributed by atoms with Gasteiger partial charge in [0.05, 0.1) is 5.00 Å². The Labute approximate surface area is 99.9 Å². The summed E-state index contributed by atoms with van der Waals surface area (Å²) in [5, 5.41) is 6.25. The van der Waals surface area contributed by atoms with Crippen molar-refractivity contribution in [3.63, 3.8) is 0 Å². The summed E-state index contributed by atoms with van der Waals surface area (Å²) in [6.45, 7) is 2.67. The highest BCUT2D eigenvalue weighted by atomic mass is 32.1. The number of rotatable bonds is 2. The van der Waals surface area contributed by atoms with Crippen LogP contribution in [0.15, 0.2) is 17.5 Å². The molecule has 0 spiro atoms. The van der Waals surface area contributed by atoms with Crippen LogP contribution in [-0.2, 0) is 4.79 Å². The third-order valence-corrected chi connectivity index (χ3v) is 3.79. The predicted octanol–water partition coefficient (Wildman–Crippen LogP) is 0.615. The average molecular weight is 239 g/mol. The summed E-state index contributed by atoms with van der Waals surface area (Å²) >= 11 is 1.59. The fourth-order valence-electron chi connectivity index (χ4n) is 1.87. The molecule has 1 aliphatic heterocycles. The molecule has 1 atom stereocenters. The number of thiophene rings is 1. The van der Waals surface area contributed by atoms with Crippen molar-refractivity contribution in [1.29, 1.82) is 0 Å². The lowest BCUT2D eigenvalue weighted by molar-refractivity contribution is -0.121. The van der Waals surface area contributed by atoms with Crippen molar-refractivity contribution in [3.8, 4) is 0 Å². The highest BCUT2D eigenvalue weighted by molar-refractivity contribution is 7.14. The van der Waals surface area contributed by atoms with Gasteiger partial charge in [0.1, 0.15) is 6.04 Å². The van der Waals surface area contributed by atoms with Crippen molar-refractivity contribution in [3.05, 3.63) is 17.5 Å². The first kappa shape index (κ1) is 11.6. The number of anilines is 1. The van der Waals surface area contributed by atoms with Gasteiger partial charge in [0.2, 0.25) is 5.91 Å². The van der Waals surface area contributed by atoms with E-state index in [0.29, 0.717) is 0 Å². The van der Waals surface area contributed by atoms with E-state index in [1.165, 1.54) is 0 Å². The largest absolute Gasteiger partial charge is 0.306 e. The highest BCUT2D eigenvalue weighted by Gasteiger charge is 2.26. The summed E-state index contributed by atoms with van der Waals surface area (Å²) in [7, 11) is 3.89. The van der Waals surface area contributed by atoms with Crippen molar-refractivity contribution in [2.45, 2.75) is 6.04 Å². The molecule has 0 bridgehead atoms. The number of likely N-dealkylation sites (N-methyl/N-ethyl adjacent to an activating group) is 2. The van der Waals surface area contributed by atoms with Gasteiger partial charge < -0.3 is 15.1 Å². The number of carbonyl (C=O) groups is 1. The molecule has 16 heavy (non-hydrogen) atoms. The van der Waals surface area contributed by atoms with Crippen LogP contribution in [0.3, 0.4) is 0 Å². The number of hydrogen-bond donors (Lipinski definition) is 1. The first-order chi connectivity index (χ1) is 7.68. The van der Waals surface area contributed by atoms with E-state index in [1.54, 1.807) is 16.2 Å². The smallest absolute Gasteiger partial charge is 0.245 e. The van der Waals surface area contributed by atoms with Crippen LogP contribution < -0.4 is 10.2 Å². The molecule has 1 aromatic rings. The van der Waals surface area contributed by atoms with E-state index in [9.17, 15) is 4.79 Å². The SMILES string of the molecule is CN1CCNC(C(=O)N(C)c2cccs2)C1. The van der Waals surface area contributed by atoms with E-state index in [1.807, 2.05) is 31.6 Å². The molecule has 0 aliphatic carbocycles. The van der Waals surface area contributed by atoms with Gasteiger partial charge in [-0.25, -0.2) is 0 Å².